The number of hydrogen-bond donors (Lipinski definition) is 3. The van der Waals surface area contributed by atoms with Gasteiger partial charge in [0.15, 0.2) is 0 Å². The highest BCUT2D eigenvalue weighted by Gasteiger charge is 2.14. The van der Waals surface area contributed by atoms with Crippen molar-refractivity contribution in [2.45, 2.75) is 78.4 Å². The predicted molar refractivity (Wildman–Crippen MR) is 95.4 cm³/mol. The summed E-state index contributed by atoms with van der Waals surface area (Å²) in [5.41, 5.74) is 1.30. The summed E-state index contributed by atoms with van der Waals surface area (Å²) in [5, 5.41) is 27.3. The predicted octanol–water partition coefficient (Wildman–Crippen LogP) is 3.30. The lowest BCUT2D eigenvalue weighted by atomic mass is 9.94. The van der Waals surface area contributed by atoms with Crippen molar-refractivity contribution in [2.24, 2.45) is 11.8 Å². The van der Waals surface area contributed by atoms with Crippen LogP contribution in [0.4, 0.5) is 0 Å². The molecule has 0 aliphatic heterocycles. The van der Waals surface area contributed by atoms with Crippen LogP contribution >= 0.6 is 0 Å². The van der Waals surface area contributed by atoms with Gasteiger partial charge in [0, 0.05) is 0 Å². The summed E-state index contributed by atoms with van der Waals surface area (Å²) in [6.07, 6.45) is 7.43. The van der Waals surface area contributed by atoms with Crippen molar-refractivity contribution < 1.29 is 20.1 Å². The Morgan fingerprint density at radius 2 is 1.65 bits per heavy atom. The van der Waals surface area contributed by atoms with Crippen molar-refractivity contribution >= 4 is 0 Å². The Bertz CT molecular complexity index is 302. The minimum Gasteiger partial charge on any atom is -0.394 e. The Balaban J connectivity index is 3.66. The fraction of sp³-hybridized carbons (Fsp3) is 0.895. The molecule has 4 heteroatoms. The number of aliphatic hydroxyl groups excluding tert-OH is 3. The monoisotopic (exact) mass is 330 g/mol. The summed E-state index contributed by atoms with van der Waals surface area (Å²) < 4.78 is 5.29. The number of allylic oxidation sites excluding steroid dienone is 1. The molecule has 0 saturated carbocycles. The molecule has 138 valence electrons. The Labute approximate surface area is 142 Å². The molecule has 23 heavy (non-hydrogen) atoms. The standard InChI is InChI=1S/C19H38O4/c1-15(2)7-5-8-16(3)9-6-10-17(4)11-12-23-14-19(22)18(21)13-20/h11,15-16,18-22H,5-10,12-14H2,1-4H3. The van der Waals surface area contributed by atoms with Gasteiger partial charge < -0.3 is 20.1 Å². The molecule has 0 amide bonds. The maximum absolute atomic E-state index is 9.43. The first kappa shape index (κ1) is 22.6. The minimum atomic E-state index is -1.13. The molecule has 0 aromatic rings. The lowest BCUT2D eigenvalue weighted by molar-refractivity contribution is -0.0527. The van der Waals surface area contributed by atoms with Crippen LogP contribution in [0.5, 0.6) is 0 Å². The quantitative estimate of drug-likeness (QED) is 0.338. The molecule has 4 nitrogen and oxygen atoms in total. The lowest BCUT2D eigenvalue weighted by Gasteiger charge is -2.15. The first-order valence-electron chi connectivity index (χ1n) is 9.07. The van der Waals surface area contributed by atoms with Crippen LogP contribution in [0.1, 0.15) is 66.2 Å². The molecular formula is C19H38O4. The third-order valence-corrected chi connectivity index (χ3v) is 4.22. The van der Waals surface area contributed by atoms with Gasteiger partial charge in [-0.15, -0.1) is 0 Å². The number of aliphatic hydroxyl groups is 3. The van der Waals surface area contributed by atoms with E-state index in [1.807, 2.05) is 6.08 Å². The number of rotatable bonds is 14. The van der Waals surface area contributed by atoms with Crippen LogP contribution in [0, 0.1) is 11.8 Å². The van der Waals surface area contributed by atoms with Crippen LogP contribution < -0.4 is 0 Å². The molecule has 0 aliphatic rings. The molecule has 0 aromatic heterocycles. The smallest absolute Gasteiger partial charge is 0.105 e. The van der Waals surface area contributed by atoms with E-state index in [0.29, 0.717) is 6.61 Å². The first-order valence-corrected chi connectivity index (χ1v) is 9.07. The van der Waals surface area contributed by atoms with Crippen molar-refractivity contribution in [3.05, 3.63) is 11.6 Å². The molecule has 3 N–H and O–H groups in total. The van der Waals surface area contributed by atoms with E-state index in [0.717, 1.165) is 18.3 Å². The number of ether oxygens (including phenoxy) is 1. The molecule has 3 atom stereocenters. The van der Waals surface area contributed by atoms with Crippen LogP contribution in [0.15, 0.2) is 11.6 Å². The van der Waals surface area contributed by atoms with E-state index in [2.05, 4.69) is 27.7 Å². The van der Waals surface area contributed by atoms with Gasteiger partial charge in [-0.1, -0.05) is 58.1 Å². The summed E-state index contributed by atoms with van der Waals surface area (Å²) in [5.74, 6) is 1.61. The van der Waals surface area contributed by atoms with Gasteiger partial charge >= 0.3 is 0 Å². The normalized spacial score (nSPS) is 16.6. The molecular weight excluding hydrogens is 292 g/mol. The summed E-state index contributed by atoms with van der Waals surface area (Å²) in [6.45, 7) is 9.04. The average Bonchev–Trinajstić information content (AvgIpc) is 2.50. The molecule has 0 spiro atoms. The Kier molecular flexibility index (Phi) is 13.7. The minimum absolute atomic E-state index is 0.0401. The second-order valence-electron chi connectivity index (χ2n) is 7.23. The Morgan fingerprint density at radius 3 is 2.26 bits per heavy atom. The van der Waals surface area contributed by atoms with E-state index >= 15 is 0 Å². The molecule has 0 fully saturated rings. The van der Waals surface area contributed by atoms with Gasteiger partial charge in [-0.2, -0.15) is 0 Å². The summed E-state index contributed by atoms with van der Waals surface area (Å²) >= 11 is 0. The molecule has 0 aromatic carbocycles. The molecule has 0 bridgehead atoms. The van der Waals surface area contributed by atoms with Crippen molar-refractivity contribution in [3.63, 3.8) is 0 Å². The van der Waals surface area contributed by atoms with Gasteiger partial charge in [0.1, 0.15) is 12.2 Å². The fourth-order valence-corrected chi connectivity index (χ4v) is 2.47. The van der Waals surface area contributed by atoms with E-state index in [1.165, 1.54) is 37.7 Å². The van der Waals surface area contributed by atoms with Crippen LogP contribution in [-0.2, 0) is 4.74 Å². The van der Waals surface area contributed by atoms with Gasteiger partial charge in [0.05, 0.1) is 19.8 Å². The highest BCUT2D eigenvalue weighted by Crippen LogP contribution is 2.18. The van der Waals surface area contributed by atoms with Crippen LogP contribution in [0.25, 0.3) is 0 Å². The summed E-state index contributed by atoms with van der Waals surface area (Å²) in [4.78, 5) is 0. The van der Waals surface area contributed by atoms with E-state index in [-0.39, 0.29) is 6.61 Å². The average molecular weight is 331 g/mol. The zero-order valence-electron chi connectivity index (χ0n) is 15.5. The maximum Gasteiger partial charge on any atom is 0.105 e. The first-order chi connectivity index (χ1) is 10.9. The second-order valence-corrected chi connectivity index (χ2v) is 7.23. The SMILES string of the molecule is CC(=CCOCC(O)C(O)CO)CCCC(C)CCCC(C)C. The summed E-state index contributed by atoms with van der Waals surface area (Å²) in [7, 11) is 0. The van der Waals surface area contributed by atoms with E-state index in [1.54, 1.807) is 0 Å². The van der Waals surface area contributed by atoms with Crippen molar-refractivity contribution in [3.8, 4) is 0 Å². The Hall–Kier alpha value is -0.420. The van der Waals surface area contributed by atoms with Crippen molar-refractivity contribution in [1.82, 2.24) is 0 Å². The van der Waals surface area contributed by atoms with E-state index in [9.17, 15) is 10.2 Å². The van der Waals surface area contributed by atoms with Crippen LogP contribution in [0.3, 0.4) is 0 Å². The molecule has 0 aliphatic carbocycles. The second kappa shape index (κ2) is 14.0. The van der Waals surface area contributed by atoms with Gasteiger partial charge in [-0.3, -0.25) is 0 Å². The largest absolute Gasteiger partial charge is 0.394 e. The molecule has 3 unspecified atom stereocenters. The van der Waals surface area contributed by atoms with Gasteiger partial charge in [0.25, 0.3) is 0 Å². The van der Waals surface area contributed by atoms with Gasteiger partial charge in [-0.25, -0.2) is 0 Å². The zero-order chi connectivity index (χ0) is 17.7. The van der Waals surface area contributed by atoms with Gasteiger partial charge in [-0.05, 0) is 31.6 Å². The fourth-order valence-electron chi connectivity index (χ4n) is 2.47. The highest BCUT2D eigenvalue weighted by molar-refractivity contribution is 4.97. The zero-order valence-corrected chi connectivity index (χ0v) is 15.5. The summed E-state index contributed by atoms with van der Waals surface area (Å²) in [6, 6.07) is 0. The van der Waals surface area contributed by atoms with Crippen molar-refractivity contribution in [1.29, 1.82) is 0 Å². The van der Waals surface area contributed by atoms with Gasteiger partial charge in [0.2, 0.25) is 0 Å². The number of hydrogen-bond acceptors (Lipinski definition) is 4. The third kappa shape index (κ3) is 13.7. The molecule has 0 radical (unpaired) electrons. The third-order valence-electron chi connectivity index (χ3n) is 4.22. The highest BCUT2D eigenvalue weighted by atomic mass is 16.5. The van der Waals surface area contributed by atoms with Crippen LogP contribution in [-0.4, -0.2) is 47.3 Å². The van der Waals surface area contributed by atoms with E-state index < -0.39 is 18.8 Å². The molecule has 0 rings (SSSR count). The lowest BCUT2D eigenvalue weighted by Crippen LogP contribution is -2.33. The topological polar surface area (TPSA) is 69.9 Å². The molecule has 0 saturated heterocycles. The Morgan fingerprint density at radius 1 is 1.00 bits per heavy atom. The van der Waals surface area contributed by atoms with Crippen molar-refractivity contribution in [2.75, 3.05) is 19.8 Å². The molecule has 0 heterocycles. The maximum atomic E-state index is 9.43. The van der Waals surface area contributed by atoms with Crippen LogP contribution in [0.2, 0.25) is 0 Å². The van der Waals surface area contributed by atoms with E-state index in [4.69, 9.17) is 9.84 Å².